The predicted octanol–water partition coefficient (Wildman–Crippen LogP) is 5.15. The highest BCUT2D eigenvalue weighted by molar-refractivity contribution is 9.09. The van der Waals surface area contributed by atoms with Crippen LogP contribution in [-0.4, -0.2) is 12.2 Å². The van der Waals surface area contributed by atoms with E-state index < -0.39 is 0 Å². The van der Waals surface area contributed by atoms with Crippen LogP contribution in [0.4, 0.5) is 0 Å². The van der Waals surface area contributed by atoms with Gasteiger partial charge < -0.3 is 4.74 Å². The minimum absolute atomic E-state index is 0.281. The number of ether oxygens (including phenoxy) is 1. The minimum atomic E-state index is 0.281. The van der Waals surface area contributed by atoms with E-state index >= 15 is 0 Å². The number of hydrogen-bond donors (Lipinski definition) is 0. The van der Waals surface area contributed by atoms with E-state index in [9.17, 15) is 0 Å². The summed E-state index contributed by atoms with van der Waals surface area (Å²) >= 11 is 3.86. The third kappa shape index (κ3) is 2.44. The molecular formula is C17H19BrO. The number of aryl methyl sites for hydroxylation is 1. The molecule has 0 N–H and O–H groups in total. The summed E-state index contributed by atoms with van der Waals surface area (Å²) < 4.78 is 6.01. The number of halogens is 1. The summed E-state index contributed by atoms with van der Waals surface area (Å²) in [5, 5.41) is 2.68. The van der Waals surface area contributed by atoms with Crippen molar-refractivity contribution in [2.75, 3.05) is 0 Å². The Kier molecular flexibility index (Phi) is 3.64. The number of rotatable bonds is 2. The van der Waals surface area contributed by atoms with Gasteiger partial charge in [-0.3, -0.25) is 0 Å². The van der Waals surface area contributed by atoms with Gasteiger partial charge in [0.25, 0.3) is 0 Å². The fourth-order valence-electron chi connectivity index (χ4n) is 2.96. The van der Waals surface area contributed by atoms with Crippen LogP contribution in [0.1, 0.15) is 35.7 Å². The lowest BCUT2D eigenvalue weighted by Gasteiger charge is -2.20. The molecule has 3 unspecified atom stereocenters. The van der Waals surface area contributed by atoms with E-state index in [2.05, 4.69) is 66.2 Å². The zero-order valence-corrected chi connectivity index (χ0v) is 13.0. The van der Waals surface area contributed by atoms with Crippen LogP contribution in [-0.2, 0) is 4.74 Å². The summed E-state index contributed by atoms with van der Waals surface area (Å²) in [6.45, 7) is 4.33. The highest BCUT2D eigenvalue weighted by Crippen LogP contribution is 2.39. The molecule has 19 heavy (non-hydrogen) atoms. The topological polar surface area (TPSA) is 9.23 Å². The predicted molar refractivity (Wildman–Crippen MR) is 83.9 cm³/mol. The standard InChI is InChI=1S/C17H19BrO/c1-11-7-9-15(14-6-4-3-5-13(11)14)17(18)16-10-8-12(2)19-16/h3-7,9,12,16-17H,8,10H2,1-2H3. The largest absolute Gasteiger partial charge is 0.374 e. The number of fused-ring (bicyclic) bond motifs is 1. The van der Waals surface area contributed by atoms with E-state index in [4.69, 9.17) is 4.74 Å². The van der Waals surface area contributed by atoms with Crippen LogP contribution in [0.3, 0.4) is 0 Å². The Morgan fingerprint density at radius 3 is 2.53 bits per heavy atom. The Labute approximate surface area is 123 Å². The fourth-order valence-corrected chi connectivity index (χ4v) is 3.75. The number of hydrogen-bond acceptors (Lipinski definition) is 1. The SMILES string of the molecule is Cc1ccc(C(Br)C2CCC(C)O2)c2ccccc12. The van der Waals surface area contributed by atoms with Crippen molar-refractivity contribution in [3.63, 3.8) is 0 Å². The van der Waals surface area contributed by atoms with Gasteiger partial charge in [-0.25, -0.2) is 0 Å². The molecule has 0 bridgehead atoms. The number of alkyl halides is 1. The Hall–Kier alpha value is -0.860. The van der Waals surface area contributed by atoms with Crippen LogP contribution in [0.5, 0.6) is 0 Å². The van der Waals surface area contributed by atoms with Gasteiger partial charge >= 0.3 is 0 Å². The summed E-state index contributed by atoms with van der Waals surface area (Å²) in [6, 6.07) is 13.1. The molecular weight excluding hydrogens is 300 g/mol. The van der Waals surface area contributed by atoms with Gasteiger partial charge in [-0.05, 0) is 48.6 Å². The van der Waals surface area contributed by atoms with E-state index in [1.54, 1.807) is 0 Å². The Morgan fingerprint density at radius 1 is 1.11 bits per heavy atom. The zero-order chi connectivity index (χ0) is 13.4. The maximum Gasteiger partial charge on any atom is 0.0745 e. The molecule has 0 amide bonds. The highest BCUT2D eigenvalue weighted by atomic mass is 79.9. The van der Waals surface area contributed by atoms with Gasteiger partial charge in [-0.2, -0.15) is 0 Å². The maximum atomic E-state index is 6.01. The third-order valence-electron chi connectivity index (χ3n) is 4.06. The summed E-state index contributed by atoms with van der Waals surface area (Å²) in [6.07, 6.45) is 2.98. The van der Waals surface area contributed by atoms with Crippen molar-refractivity contribution in [3.05, 3.63) is 47.5 Å². The lowest BCUT2D eigenvalue weighted by Crippen LogP contribution is -2.14. The van der Waals surface area contributed by atoms with Gasteiger partial charge in [0.15, 0.2) is 0 Å². The Morgan fingerprint density at radius 2 is 1.84 bits per heavy atom. The molecule has 3 rings (SSSR count). The molecule has 2 aromatic rings. The van der Waals surface area contributed by atoms with E-state index in [1.165, 1.54) is 21.9 Å². The van der Waals surface area contributed by atoms with Crippen LogP contribution >= 0.6 is 15.9 Å². The van der Waals surface area contributed by atoms with Gasteiger partial charge in [-0.15, -0.1) is 0 Å². The zero-order valence-electron chi connectivity index (χ0n) is 11.4. The van der Waals surface area contributed by atoms with E-state index in [0.717, 1.165) is 12.8 Å². The van der Waals surface area contributed by atoms with Gasteiger partial charge in [-0.1, -0.05) is 52.3 Å². The fraction of sp³-hybridized carbons (Fsp3) is 0.412. The second kappa shape index (κ2) is 5.26. The molecule has 100 valence electrons. The summed E-state index contributed by atoms with van der Waals surface area (Å²) in [4.78, 5) is 0.281. The molecule has 1 nitrogen and oxygen atoms in total. The summed E-state index contributed by atoms with van der Waals surface area (Å²) in [5.74, 6) is 0. The summed E-state index contributed by atoms with van der Waals surface area (Å²) in [7, 11) is 0. The molecule has 1 aliphatic heterocycles. The van der Waals surface area contributed by atoms with Crippen LogP contribution < -0.4 is 0 Å². The van der Waals surface area contributed by atoms with Crippen molar-refractivity contribution in [3.8, 4) is 0 Å². The highest BCUT2D eigenvalue weighted by Gasteiger charge is 2.29. The van der Waals surface area contributed by atoms with Crippen molar-refractivity contribution in [2.45, 2.75) is 43.7 Å². The van der Waals surface area contributed by atoms with Crippen molar-refractivity contribution < 1.29 is 4.74 Å². The lowest BCUT2D eigenvalue weighted by molar-refractivity contribution is 0.0558. The van der Waals surface area contributed by atoms with Crippen LogP contribution in [0.2, 0.25) is 0 Å². The van der Waals surface area contributed by atoms with E-state index in [0.29, 0.717) is 12.2 Å². The normalized spacial score (nSPS) is 24.8. The summed E-state index contributed by atoms with van der Waals surface area (Å²) in [5.41, 5.74) is 2.68. The van der Waals surface area contributed by atoms with Crippen molar-refractivity contribution >= 4 is 26.7 Å². The van der Waals surface area contributed by atoms with E-state index in [1.807, 2.05) is 0 Å². The third-order valence-corrected chi connectivity index (χ3v) is 5.15. The monoisotopic (exact) mass is 318 g/mol. The van der Waals surface area contributed by atoms with Crippen molar-refractivity contribution in [1.82, 2.24) is 0 Å². The molecule has 0 aliphatic carbocycles. The van der Waals surface area contributed by atoms with Gasteiger partial charge in [0.1, 0.15) is 0 Å². The van der Waals surface area contributed by atoms with Gasteiger partial charge in [0.05, 0.1) is 17.0 Å². The smallest absolute Gasteiger partial charge is 0.0745 e. The molecule has 0 aromatic heterocycles. The average Bonchev–Trinajstić information content (AvgIpc) is 2.86. The molecule has 2 aromatic carbocycles. The molecule has 0 radical (unpaired) electrons. The first-order valence-electron chi connectivity index (χ1n) is 6.94. The second-order valence-electron chi connectivity index (χ2n) is 5.48. The molecule has 3 atom stereocenters. The molecule has 1 heterocycles. The first-order valence-corrected chi connectivity index (χ1v) is 7.86. The first kappa shape index (κ1) is 13.1. The molecule has 1 aliphatic rings. The van der Waals surface area contributed by atoms with Crippen molar-refractivity contribution in [1.29, 1.82) is 0 Å². The first-order chi connectivity index (χ1) is 9.16. The minimum Gasteiger partial charge on any atom is -0.374 e. The van der Waals surface area contributed by atoms with Gasteiger partial charge in [0, 0.05) is 0 Å². The van der Waals surface area contributed by atoms with E-state index in [-0.39, 0.29) is 4.83 Å². The van der Waals surface area contributed by atoms with Crippen LogP contribution in [0, 0.1) is 6.92 Å². The van der Waals surface area contributed by atoms with Crippen LogP contribution in [0.15, 0.2) is 36.4 Å². The lowest BCUT2D eigenvalue weighted by atomic mass is 9.96. The maximum absolute atomic E-state index is 6.01. The molecule has 2 heteroatoms. The molecule has 0 saturated carbocycles. The van der Waals surface area contributed by atoms with Crippen LogP contribution in [0.25, 0.3) is 10.8 Å². The Bertz CT molecular complexity index is 593. The number of benzene rings is 2. The van der Waals surface area contributed by atoms with Crippen molar-refractivity contribution in [2.24, 2.45) is 0 Å². The average molecular weight is 319 g/mol. The second-order valence-corrected chi connectivity index (χ2v) is 6.47. The molecule has 0 spiro atoms. The molecule has 1 saturated heterocycles. The quantitative estimate of drug-likeness (QED) is 0.696. The van der Waals surface area contributed by atoms with Gasteiger partial charge in [0.2, 0.25) is 0 Å². The Balaban J connectivity index is 2.03. The molecule has 1 fully saturated rings.